The van der Waals surface area contributed by atoms with Crippen LogP contribution >= 0.6 is 11.6 Å². The monoisotopic (exact) mass is 198 g/mol. The maximum atomic E-state index is 5.79. The smallest absolute Gasteiger partial charge is 0.127 e. The van der Waals surface area contributed by atoms with Gasteiger partial charge in [-0.1, -0.05) is 18.2 Å². The van der Waals surface area contributed by atoms with Gasteiger partial charge in [0.25, 0.3) is 0 Å². The van der Waals surface area contributed by atoms with Gasteiger partial charge in [-0.2, -0.15) is 0 Å². The molecule has 13 heavy (non-hydrogen) atoms. The molecule has 0 saturated heterocycles. The van der Waals surface area contributed by atoms with Crippen LogP contribution in [-0.2, 0) is 0 Å². The second-order valence-corrected chi connectivity index (χ2v) is 2.93. The van der Waals surface area contributed by atoms with E-state index in [0.717, 1.165) is 11.3 Å². The van der Waals surface area contributed by atoms with Gasteiger partial charge in [0, 0.05) is 10.6 Å². The number of methoxy groups -OCH3 is 2. The summed E-state index contributed by atoms with van der Waals surface area (Å²) >= 11 is 5.79. The van der Waals surface area contributed by atoms with E-state index >= 15 is 0 Å². The molecular formula is C10H11ClO2. The third kappa shape index (κ3) is 2.16. The molecule has 0 spiro atoms. The SMILES string of the molecule is C=C(Cl)c1cc(OC)ccc1OC. The third-order valence-electron chi connectivity index (χ3n) is 1.70. The van der Waals surface area contributed by atoms with Crippen LogP contribution in [0.25, 0.3) is 5.03 Å². The van der Waals surface area contributed by atoms with Crippen LogP contribution in [0.15, 0.2) is 24.8 Å². The van der Waals surface area contributed by atoms with Crippen LogP contribution in [0.3, 0.4) is 0 Å². The van der Waals surface area contributed by atoms with Crippen molar-refractivity contribution in [3.8, 4) is 11.5 Å². The van der Waals surface area contributed by atoms with E-state index in [0.29, 0.717) is 10.8 Å². The van der Waals surface area contributed by atoms with Gasteiger partial charge in [-0.15, -0.1) is 0 Å². The van der Waals surface area contributed by atoms with E-state index in [1.807, 2.05) is 6.07 Å². The summed E-state index contributed by atoms with van der Waals surface area (Å²) in [5, 5.41) is 0.441. The summed E-state index contributed by atoms with van der Waals surface area (Å²) in [6, 6.07) is 5.39. The maximum absolute atomic E-state index is 5.79. The topological polar surface area (TPSA) is 18.5 Å². The van der Waals surface area contributed by atoms with Crippen LogP contribution in [0.5, 0.6) is 11.5 Å². The van der Waals surface area contributed by atoms with E-state index in [-0.39, 0.29) is 0 Å². The first-order valence-corrected chi connectivity index (χ1v) is 4.13. The molecular weight excluding hydrogens is 188 g/mol. The Morgan fingerprint density at radius 2 is 2.00 bits per heavy atom. The average Bonchev–Trinajstić information content (AvgIpc) is 2.16. The lowest BCUT2D eigenvalue weighted by molar-refractivity contribution is 0.402. The molecule has 0 saturated carbocycles. The molecule has 2 nitrogen and oxygen atoms in total. The molecule has 0 amide bonds. The summed E-state index contributed by atoms with van der Waals surface area (Å²) in [5.74, 6) is 1.43. The molecule has 1 aromatic carbocycles. The minimum absolute atomic E-state index is 0.441. The van der Waals surface area contributed by atoms with E-state index in [9.17, 15) is 0 Å². The van der Waals surface area contributed by atoms with Crippen molar-refractivity contribution < 1.29 is 9.47 Å². The first-order valence-electron chi connectivity index (χ1n) is 3.76. The van der Waals surface area contributed by atoms with Crippen molar-refractivity contribution >= 4 is 16.6 Å². The van der Waals surface area contributed by atoms with Gasteiger partial charge in [0.2, 0.25) is 0 Å². The van der Waals surface area contributed by atoms with Gasteiger partial charge in [0.05, 0.1) is 14.2 Å². The molecule has 0 atom stereocenters. The standard InChI is InChI=1S/C10H11ClO2/c1-7(11)9-6-8(12-2)4-5-10(9)13-3/h4-6H,1H2,2-3H3. The lowest BCUT2D eigenvalue weighted by atomic mass is 10.2. The Morgan fingerprint density at radius 3 is 2.46 bits per heavy atom. The highest BCUT2D eigenvalue weighted by molar-refractivity contribution is 6.48. The van der Waals surface area contributed by atoms with Gasteiger partial charge < -0.3 is 9.47 Å². The second-order valence-electron chi connectivity index (χ2n) is 2.47. The van der Waals surface area contributed by atoms with Gasteiger partial charge in [-0.3, -0.25) is 0 Å². The van der Waals surface area contributed by atoms with Crippen molar-refractivity contribution in [2.75, 3.05) is 14.2 Å². The van der Waals surface area contributed by atoms with E-state index in [2.05, 4.69) is 6.58 Å². The Kier molecular flexibility index (Phi) is 3.20. The molecule has 0 bridgehead atoms. The van der Waals surface area contributed by atoms with Crippen LogP contribution in [0.2, 0.25) is 0 Å². The minimum Gasteiger partial charge on any atom is -0.497 e. The number of rotatable bonds is 3. The second kappa shape index (κ2) is 4.19. The third-order valence-corrected chi connectivity index (χ3v) is 1.90. The quantitative estimate of drug-likeness (QED) is 0.744. The Hall–Kier alpha value is -1.15. The number of hydrogen-bond acceptors (Lipinski definition) is 2. The summed E-state index contributed by atoms with van der Waals surface area (Å²) in [7, 11) is 3.19. The molecule has 0 radical (unpaired) electrons. The lowest BCUT2D eigenvalue weighted by Gasteiger charge is -2.08. The van der Waals surface area contributed by atoms with Crippen LogP contribution < -0.4 is 9.47 Å². The lowest BCUT2D eigenvalue weighted by Crippen LogP contribution is -1.90. The highest BCUT2D eigenvalue weighted by Crippen LogP contribution is 2.30. The molecule has 3 heteroatoms. The molecule has 0 aliphatic heterocycles. The molecule has 0 fully saturated rings. The molecule has 1 rings (SSSR count). The summed E-state index contributed by atoms with van der Waals surface area (Å²) < 4.78 is 10.2. The maximum Gasteiger partial charge on any atom is 0.127 e. The van der Waals surface area contributed by atoms with Crippen molar-refractivity contribution in [3.05, 3.63) is 30.3 Å². The van der Waals surface area contributed by atoms with Crippen molar-refractivity contribution in [2.45, 2.75) is 0 Å². The molecule has 0 unspecified atom stereocenters. The van der Waals surface area contributed by atoms with E-state index in [4.69, 9.17) is 21.1 Å². The largest absolute Gasteiger partial charge is 0.497 e. The highest BCUT2D eigenvalue weighted by Gasteiger charge is 2.05. The molecule has 1 aromatic rings. The van der Waals surface area contributed by atoms with Crippen LogP contribution in [0, 0.1) is 0 Å². The summed E-state index contributed by atoms with van der Waals surface area (Å²) in [4.78, 5) is 0. The van der Waals surface area contributed by atoms with Crippen LogP contribution in [0.1, 0.15) is 5.56 Å². The fraction of sp³-hybridized carbons (Fsp3) is 0.200. The normalized spacial score (nSPS) is 9.46. The van der Waals surface area contributed by atoms with Crippen LogP contribution in [0.4, 0.5) is 0 Å². The molecule has 0 aliphatic rings. The average molecular weight is 199 g/mol. The predicted octanol–water partition coefficient (Wildman–Crippen LogP) is 2.91. The highest BCUT2D eigenvalue weighted by atomic mass is 35.5. The van der Waals surface area contributed by atoms with E-state index in [1.165, 1.54) is 0 Å². The van der Waals surface area contributed by atoms with E-state index in [1.54, 1.807) is 26.4 Å². The van der Waals surface area contributed by atoms with Crippen molar-refractivity contribution in [2.24, 2.45) is 0 Å². The number of halogens is 1. The first kappa shape index (κ1) is 9.93. The van der Waals surface area contributed by atoms with Crippen LogP contribution in [-0.4, -0.2) is 14.2 Å². The Balaban J connectivity index is 3.18. The van der Waals surface area contributed by atoms with Gasteiger partial charge in [0.15, 0.2) is 0 Å². The molecule has 0 heterocycles. The first-order chi connectivity index (χ1) is 6.19. The Labute approximate surface area is 82.7 Å². The predicted molar refractivity (Wildman–Crippen MR) is 54.4 cm³/mol. The van der Waals surface area contributed by atoms with Gasteiger partial charge in [0.1, 0.15) is 11.5 Å². The van der Waals surface area contributed by atoms with Crippen molar-refractivity contribution in [1.29, 1.82) is 0 Å². The molecule has 70 valence electrons. The van der Waals surface area contributed by atoms with Gasteiger partial charge >= 0.3 is 0 Å². The van der Waals surface area contributed by atoms with Gasteiger partial charge in [-0.25, -0.2) is 0 Å². The molecule has 0 N–H and O–H groups in total. The Morgan fingerprint density at radius 1 is 1.31 bits per heavy atom. The summed E-state index contributed by atoms with van der Waals surface area (Å²) in [5.41, 5.74) is 0.753. The fourth-order valence-electron chi connectivity index (χ4n) is 1.03. The number of hydrogen-bond donors (Lipinski definition) is 0. The van der Waals surface area contributed by atoms with E-state index < -0.39 is 0 Å². The molecule has 0 aromatic heterocycles. The Bertz CT molecular complexity index is 321. The number of ether oxygens (including phenoxy) is 2. The summed E-state index contributed by atoms with van der Waals surface area (Å²) in [6.07, 6.45) is 0. The zero-order valence-electron chi connectivity index (χ0n) is 7.63. The van der Waals surface area contributed by atoms with Crippen molar-refractivity contribution in [1.82, 2.24) is 0 Å². The zero-order chi connectivity index (χ0) is 9.84. The zero-order valence-corrected chi connectivity index (χ0v) is 8.39. The minimum atomic E-state index is 0.441. The van der Waals surface area contributed by atoms with Gasteiger partial charge in [-0.05, 0) is 18.2 Å². The summed E-state index contributed by atoms with van der Waals surface area (Å²) in [6.45, 7) is 3.64. The fourth-order valence-corrected chi connectivity index (χ4v) is 1.17. The van der Waals surface area contributed by atoms with Crippen molar-refractivity contribution in [3.63, 3.8) is 0 Å². The number of benzene rings is 1. The molecule has 0 aliphatic carbocycles.